The Balaban J connectivity index is 1.95. The molecule has 1 N–H and O–H groups in total. The van der Waals surface area contributed by atoms with E-state index in [1.54, 1.807) is 0 Å². The molecule has 0 spiro atoms. The minimum atomic E-state index is 0.388. The van der Waals surface area contributed by atoms with E-state index in [9.17, 15) is 0 Å². The van der Waals surface area contributed by atoms with Gasteiger partial charge in [-0.25, -0.2) is 0 Å². The Labute approximate surface area is 103 Å². The van der Waals surface area contributed by atoms with E-state index in [4.69, 9.17) is 4.74 Å². The van der Waals surface area contributed by atoms with Crippen LogP contribution in [0.5, 0.6) is 0 Å². The zero-order chi connectivity index (χ0) is 11.6. The Morgan fingerprint density at radius 3 is 3.06 bits per heavy atom. The SMILES string of the molecule is CCNCCCC(C)OCCc1cccs1. The number of hydrogen-bond donors (Lipinski definition) is 1. The van der Waals surface area contributed by atoms with Crippen molar-refractivity contribution in [2.75, 3.05) is 19.7 Å². The predicted octanol–water partition coefficient (Wildman–Crippen LogP) is 3.09. The highest BCUT2D eigenvalue weighted by molar-refractivity contribution is 7.09. The second-order valence-electron chi connectivity index (χ2n) is 4.01. The van der Waals surface area contributed by atoms with Gasteiger partial charge >= 0.3 is 0 Å². The van der Waals surface area contributed by atoms with Crippen molar-refractivity contribution in [3.05, 3.63) is 22.4 Å². The monoisotopic (exact) mass is 241 g/mol. The second-order valence-corrected chi connectivity index (χ2v) is 5.04. The Bertz CT molecular complexity index is 248. The second kappa shape index (κ2) is 8.74. The van der Waals surface area contributed by atoms with Crippen LogP contribution in [0.2, 0.25) is 0 Å². The van der Waals surface area contributed by atoms with Crippen molar-refractivity contribution in [3.8, 4) is 0 Å². The summed E-state index contributed by atoms with van der Waals surface area (Å²) in [6, 6.07) is 4.27. The van der Waals surface area contributed by atoms with E-state index in [-0.39, 0.29) is 0 Å². The molecular weight excluding hydrogens is 218 g/mol. The molecule has 16 heavy (non-hydrogen) atoms. The summed E-state index contributed by atoms with van der Waals surface area (Å²) in [5.41, 5.74) is 0. The minimum absolute atomic E-state index is 0.388. The lowest BCUT2D eigenvalue weighted by molar-refractivity contribution is 0.0615. The molecule has 0 aliphatic rings. The van der Waals surface area contributed by atoms with Crippen LogP contribution in [-0.2, 0) is 11.2 Å². The van der Waals surface area contributed by atoms with Gasteiger partial charge in [0.15, 0.2) is 0 Å². The molecule has 0 aromatic carbocycles. The van der Waals surface area contributed by atoms with Crippen LogP contribution in [0.3, 0.4) is 0 Å². The first-order chi connectivity index (χ1) is 7.83. The molecule has 0 aliphatic carbocycles. The lowest BCUT2D eigenvalue weighted by Crippen LogP contribution is -2.17. The molecular formula is C13H23NOS. The zero-order valence-electron chi connectivity index (χ0n) is 10.4. The lowest BCUT2D eigenvalue weighted by Gasteiger charge is -2.12. The molecule has 0 saturated carbocycles. The van der Waals surface area contributed by atoms with E-state index in [1.165, 1.54) is 11.3 Å². The maximum Gasteiger partial charge on any atom is 0.0547 e. The maximum atomic E-state index is 5.77. The molecule has 1 aromatic heterocycles. The molecule has 92 valence electrons. The van der Waals surface area contributed by atoms with Crippen LogP contribution in [0.4, 0.5) is 0 Å². The quantitative estimate of drug-likeness (QED) is 0.671. The first-order valence-corrected chi connectivity index (χ1v) is 7.05. The topological polar surface area (TPSA) is 21.3 Å². The number of nitrogens with one attached hydrogen (secondary N) is 1. The third-order valence-corrected chi connectivity index (χ3v) is 3.48. The first-order valence-electron chi connectivity index (χ1n) is 6.17. The maximum absolute atomic E-state index is 5.77. The minimum Gasteiger partial charge on any atom is -0.378 e. The van der Waals surface area contributed by atoms with Gasteiger partial charge in [-0.3, -0.25) is 0 Å². The molecule has 1 atom stereocenters. The van der Waals surface area contributed by atoms with Gasteiger partial charge in [-0.2, -0.15) is 0 Å². The number of rotatable bonds is 9. The fourth-order valence-electron chi connectivity index (χ4n) is 1.59. The van der Waals surface area contributed by atoms with Crippen LogP contribution in [0, 0.1) is 0 Å². The smallest absolute Gasteiger partial charge is 0.0547 e. The molecule has 1 heterocycles. The summed E-state index contributed by atoms with van der Waals surface area (Å²) in [6.07, 6.45) is 3.79. The highest BCUT2D eigenvalue weighted by Crippen LogP contribution is 2.10. The molecule has 0 aliphatic heterocycles. The molecule has 0 saturated heterocycles. The Kier molecular flexibility index (Phi) is 7.47. The molecule has 0 amide bonds. The third kappa shape index (κ3) is 6.26. The lowest BCUT2D eigenvalue weighted by atomic mass is 10.2. The van der Waals surface area contributed by atoms with Gasteiger partial charge < -0.3 is 10.1 Å². The number of ether oxygens (including phenoxy) is 1. The van der Waals surface area contributed by atoms with Gasteiger partial charge in [0.2, 0.25) is 0 Å². The third-order valence-electron chi connectivity index (χ3n) is 2.55. The first kappa shape index (κ1) is 13.7. The Morgan fingerprint density at radius 1 is 1.50 bits per heavy atom. The van der Waals surface area contributed by atoms with Crippen molar-refractivity contribution < 1.29 is 4.74 Å². The molecule has 0 bridgehead atoms. The molecule has 1 aromatic rings. The summed E-state index contributed by atoms with van der Waals surface area (Å²) in [6.45, 7) is 7.33. The van der Waals surface area contributed by atoms with Crippen molar-refractivity contribution in [2.24, 2.45) is 0 Å². The fourth-order valence-corrected chi connectivity index (χ4v) is 2.28. The van der Waals surface area contributed by atoms with Crippen LogP contribution < -0.4 is 5.32 Å². The van der Waals surface area contributed by atoms with E-state index in [2.05, 4.69) is 36.7 Å². The molecule has 1 unspecified atom stereocenters. The molecule has 1 rings (SSSR count). The van der Waals surface area contributed by atoms with Crippen LogP contribution >= 0.6 is 11.3 Å². The number of hydrogen-bond acceptors (Lipinski definition) is 3. The largest absolute Gasteiger partial charge is 0.378 e. The van der Waals surface area contributed by atoms with E-state index < -0.39 is 0 Å². The average Bonchev–Trinajstić information content (AvgIpc) is 2.77. The summed E-state index contributed by atoms with van der Waals surface area (Å²) in [5.74, 6) is 0. The van der Waals surface area contributed by atoms with Crippen LogP contribution in [0.1, 0.15) is 31.6 Å². The van der Waals surface area contributed by atoms with Crippen molar-refractivity contribution in [1.82, 2.24) is 5.32 Å². The van der Waals surface area contributed by atoms with Crippen molar-refractivity contribution >= 4 is 11.3 Å². The number of thiophene rings is 1. The summed E-state index contributed by atoms with van der Waals surface area (Å²) in [5, 5.41) is 5.45. The van der Waals surface area contributed by atoms with Crippen LogP contribution in [0.25, 0.3) is 0 Å². The van der Waals surface area contributed by atoms with Gasteiger partial charge in [0, 0.05) is 11.3 Å². The van der Waals surface area contributed by atoms with Gasteiger partial charge in [0.25, 0.3) is 0 Å². The molecule has 0 radical (unpaired) electrons. The average molecular weight is 241 g/mol. The van der Waals surface area contributed by atoms with Gasteiger partial charge in [0.1, 0.15) is 0 Å². The summed E-state index contributed by atoms with van der Waals surface area (Å²) >= 11 is 1.81. The van der Waals surface area contributed by atoms with Crippen molar-refractivity contribution in [1.29, 1.82) is 0 Å². The fraction of sp³-hybridized carbons (Fsp3) is 0.692. The normalized spacial score (nSPS) is 12.9. The summed E-state index contributed by atoms with van der Waals surface area (Å²) in [7, 11) is 0. The Hall–Kier alpha value is -0.380. The van der Waals surface area contributed by atoms with Gasteiger partial charge in [-0.1, -0.05) is 13.0 Å². The predicted molar refractivity (Wildman–Crippen MR) is 71.2 cm³/mol. The van der Waals surface area contributed by atoms with E-state index in [0.717, 1.165) is 32.5 Å². The van der Waals surface area contributed by atoms with Crippen LogP contribution in [-0.4, -0.2) is 25.8 Å². The molecule has 2 nitrogen and oxygen atoms in total. The van der Waals surface area contributed by atoms with Crippen molar-refractivity contribution in [3.63, 3.8) is 0 Å². The summed E-state index contributed by atoms with van der Waals surface area (Å²) in [4.78, 5) is 1.42. The van der Waals surface area contributed by atoms with E-state index in [0.29, 0.717) is 6.10 Å². The standard InChI is InChI=1S/C13H23NOS/c1-3-14-9-4-6-12(2)15-10-8-13-7-5-11-16-13/h5,7,11-12,14H,3-4,6,8-10H2,1-2H3. The van der Waals surface area contributed by atoms with Gasteiger partial charge in [-0.05, 0) is 44.3 Å². The van der Waals surface area contributed by atoms with Crippen LogP contribution in [0.15, 0.2) is 17.5 Å². The molecule has 0 fully saturated rings. The highest BCUT2D eigenvalue weighted by atomic mass is 32.1. The summed E-state index contributed by atoms with van der Waals surface area (Å²) < 4.78 is 5.77. The van der Waals surface area contributed by atoms with E-state index >= 15 is 0 Å². The molecule has 3 heteroatoms. The van der Waals surface area contributed by atoms with Gasteiger partial charge in [0.05, 0.1) is 12.7 Å². The Morgan fingerprint density at radius 2 is 2.38 bits per heavy atom. The van der Waals surface area contributed by atoms with Gasteiger partial charge in [-0.15, -0.1) is 11.3 Å². The highest BCUT2D eigenvalue weighted by Gasteiger charge is 2.02. The zero-order valence-corrected chi connectivity index (χ0v) is 11.2. The van der Waals surface area contributed by atoms with Crippen molar-refractivity contribution in [2.45, 2.75) is 39.2 Å². The van der Waals surface area contributed by atoms with E-state index in [1.807, 2.05) is 11.3 Å².